The summed E-state index contributed by atoms with van der Waals surface area (Å²) < 4.78 is 5.36. The van der Waals surface area contributed by atoms with E-state index in [9.17, 15) is 9.59 Å². The Bertz CT molecular complexity index is 924. The lowest BCUT2D eigenvalue weighted by Gasteiger charge is -2.16. The van der Waals surface area contributed by atoms with Gasteiger partial charge in [0, 0.05) is 11.7 Å². The van der Waals surface area contributed by atoms with E-state index in [4.69, 9.17) is 9.84 Å². The summed E-state index contributed by atoms with van der Waals surface area (Å²) in [6.45, 7) is 0.200. The Morgan fingerprint density at radius 3 is 2.03 bits per heavy atom. The van der Waals surface area contributed by atoms with Crippen LogP contribution in [-0.2, 0) is 16.1 Å². The third-order valence-electron chi connectivity index (χ3n) is 4.45. The van der Waals surface area contributed by atoms with Gasteiger partial charge in [-0.1, -0.05) is 84.9 Å². The second-order valence-corrected chi connectivity index (χ2v) is 7.69. The number of carbonyl (C=O) groups is 2. The molecule has 1 N–H and O–H groups in total. The molecule has 0 aliphatic carbocycles. The zero-order chi connectivity index (χ0) is 20.5. The van der Waals surface area contributed by atoms with Crippen molar-refractivity contribution < 1.29 is 19.4 Å². The topological polar surface area (TPSA) is 63.6 Å². The van der Waals surface area contributed by atoms with Gasteiger partial charge in [0.05, 0.1) is 0 Å². The summed E-state index contributed by atoms with van der Waals surface area (Å²) >= 11 is 1.04. The Kier molecular flexibility index (Phi) is 7.47. The molecule has 0 amide bonds. The highest BCUT2D eigenvalue weighted by Crippen LogP contribution is 2.35. The number of aliphatic carboxylic acids is 1. The van der Waals surface area contributed by atoms with Gasteiger partial charge in [0.25, 0.3) is 0 Å². The van der Waals surface area contributed by atoms with Gasteiger partial charge in [-0.15, -0.1) is 0 Å². The van der Waals surface area contributed by atoms with Gasteiger partial charge in [0.15, 0.2) is 0 Å². The summed E-state index contributed by atoms with van der Waals surface area (Å²) in [5, 5.41) is 8.38. The molecule has 3 aromatic rings. The summed E-state index contributed by atoms with van der Waals surface area (Å²) in [6, 6.07) is 27.4. The van der Waals surface area contributed by atoms with E-state index in [0.29, 0.717) is 6.42 Å². The number of hydrogen-bond donors (Lipinski definition) is 1. The molecule has 0 spiro atoms. The monoisotopic (exact) mass is 406 g/mol. The second-order valence-electron chi connectivity index (χ2n) is 6.55. The Hall–Kier alpha value is -3.05. The van der Waals surface area contributed by atoms with Crippen molar-refractivity contribution in [1.29, 1.82) is 0 Å². The Balaban J connectivity index is 1.67. The first-order chi connectivity index (χ1) is 14.1. The van der Waals surface area contributed by atoms with Gasteiger partial charge in [0.1, 0.15) is 6.61 Å². The number of ether oxygens (including phenoxy) is 1. The highest BCUT2D eigenvalue weighted by molar-refractivity contribution is 8.13. The quantitative estimate of drug-likeness (QED) is 0.443. The van der Waals surface area contributed by atoms with Crippen LogP contribution in [-0.4, -0.2) is 16.4 Å². The van der Waals surface area contributed by atoms with Gasteiger partial charge in [-0.3, -0.25) is 4.79 Å². The van der Waals surface area contributed by atoms with E-state index in [0.717, 1.165) is 34.0 Å². The van der Waals surface area contributed by atoms with Crippen molar-refractivity contribution in [3.8, 4) is 11.1 Å². The van der Waals surface area contributed by atoms with E-state index in [1.54, 1.807) is 0 Å². The van der Waals surface area contributed by atoms with Crippen molar-refractivity contribution in [2.45, 2.75) is 24.7 Å². The van der Waals surface area contributed by atoms with Crippen LogP contribution < -0.4 is 0 Å². The average Bonchev–Trinajstić information content (AvgIpc) is 2.76. The summed E-state index contributed by atoms with van der Waals surface area (Å²) in [7, 11) is 0. The number of thioether (sulfide) groups is 1. The van der Waals surface area contributed by atoms with Crippen molar-refractivity contribution in [3.63, 3.8) is 0 Å². The van der Waals surface area contributed by atoms with Crippen LogP contribution in [0.25, 0.3) is 11.1 Å². The minimum atomic E-state index is -0.880. The molecule has 148 valence electrons. The predicted molar refractivity (Wildman–Crippen MR) is 116 cm³/mol. The maximum atomic E-state index is 12.3. The maximum absolute atomic E-state index is 12.3. The van der Waals surface area contributed by atoms with Crippen LogP contribution in [0.4, 0.5) is 4.79 Å². The molecule has 29 heavy (non-hydrogen) atoms. The van der Waals surface area contributed by atoms with E-state index < -0.39 is 11.3 Å². The van der Waals surface area contributed by atoms with Crippen LogP contribution in [0.3, 0.4) is 0 Å². The molecule has 0 aromatic heterocycles. The molecule has 4 nitrogen and oxygen atoms in total. The fourth-order valence-corrected chi connectivity index (χ4v) is 3.82. The fraction of sp³-hybridized carbons (Fsp3) is 0.167. The molecule has 0 bridgehead atoms. The SMILES string of the molecule is O=C(O)CCC(SC(=O)OCc1ccccc1)c1ccc(-c2ccccc2)cc1. The number of carboxylic acid groups (broad SMARTS) is 1. The summed E-state index contributed by atoms with van der Waals surface area (Å²) in [5.74, 6) is -0.880. The van der Waals surface area contributed by atoms with Crippen molar-refractivity contribution in [1.82, 2.24) is 0 Å². The van der Waals surface area contributed by atoms with Crippen LogP contribution in [0.5, 0.6) is 0 Å². The molecule has 3 rings (SSSR count). The predicted octanol–water partition coefficient (Wildman–Crippen LogP) is 6.33. The maximum Gasteiger partial charge on any atom is 0.368 e. The molecule has 0 aliphatic heterocycles. The minimum Gasteiger partial charge on any atom is -0.481 e. The molecule has 0 radical (unpaired) electrons. The van der Waals surface area contributed by atoms with Crippen LogP contribution in [0.2, 0.25) is 0 Å². The Labute approximate surface area is 174 Å². The largest absolute Gasteiger partial charge is 0.481 e. The molecule has 0 heterocycles. The zero-order valence-corrected chi connectivity index (χ0v) is 16.7. The first-order valence-electron chi connectivity index (χ1n) is 9.36. The normalized spacial score (nSPS) is 11.6. The van der Waals surface area contributed by atoms with Crippen molar-refractivity contribution in [3.05, 3.63) is 96.1 Å². The molecule has 0 aliphatic rings. The second kappa shape index (κ2) is 10.5. The standard InChI is InChI=1S/C24H22O4S/c25-23(26)16-15-22(29-24(27)28-17-18-7-3-1-4-8-18)21-13-11-20(12-14-21)19-9-5-2-6-10-19/h1-14,22H,15-17H2,(H,25,26). The molecule has 1 atom stereocenters. The van der Waals surface area contributed by atoms with Crippen LogP contribution in [0, 0.1) is 0 Å². The number of carboxylic acids is 1. The summed E-state index contributed by atoms with van der Waals surface area (Å²) in [6.07, 6.45) is 0.342. The lowest BCUT2D eigenvalue weighted by Crippen LogP contribution is -2.05. The molecule has 0 saturated carbocycles. The summed E-state index contributed by atoms with van der Waals surface area (Å²) in [5.41, 5.74) is 4.00. The third-order valence-corrected chi connectivity index (χ3v) is 5.55. The lowest BCUT2D eigenvalue weighted by atomic mass is 10.0. The van der Waals surface area contributed by atoms with E-state index in [-0.39, 0.29) is 18.3 Å². The van der Waals surface area contributed by atoms with Gasteiger partial charge < -0.3 is 9.84 Å². The van der Waals surface area contributed by atoms with Gasteiger partial charge in [-0.05, 0) is 40.4 Å². The Morgan fingerprint density at radius 1 is 0.828 bits per heavy atom. The number of hydrogen-bond acceptors (Lipinski definition) is 4. The molecule has 5 heteroatoms. The number of carbonyl (C=O) groups excluding carboxylic acids is 1. The van der Waals surface area contributed by atoms with E-state index in [2.05, 4.69) is 0 Å². The number of rotatable bonds is 8. The Morgan fingerprint density at radius 2 is 1.41 bits per heavy atom. The van der Waals surface area contributed by atoms with Gasteiger partial charge >= 0.3 is 11.3 Å². The number of benzene rings is 3. The smallest absolute Gasteiger partial charge is 0.368 e. The fourth-order valence-electron chi connectivity index (χ4n) is 2.94. The van der Waals surface area contributed by atoms with Crippen LogP contribution in [0.1, 0.15) is 29.2 Å². The lowest BCUT2D eigenvalue weighted by molar-refractivity contribution is -0.137. The van der Waals surface area contributed by atoms with Crippen molar-refractivity contribution in [2.24, 2.45) is 0 Å². The zero-order valence-electron chi connectivity index (χ0n) is 15.9. The summed E-state index contributed by atoms with van der Waals surface area (Å²) in [4.78, 5) is 23.4. The van der Waals surface area contributed by atoms with E-state index in [1.165, 1.54) is 0 Å². The molecule has 0 fully saturated rings. The third kappa shape index (κ3) is 6.50. The molecular formula is C24H22O4S. The highest BCUT2D eigenvalue weighted by Gasteiger charge is 2.19. The average molecular weight is 407 g/mol. The molecule has 1 unspecified atom stereocenters. The molecule has 0 saturated heterocycles. The van der Waals surface area contributed by atoms with Crippen LogP contribution >= 0.6 is 11.8 Å². The van der Waals surface area contributed by atoms with E-state index in [1.807, 2.05) is 84.9 Å². The van der Waals surface area contributed by atoms with E-state index >= 15 is 0 Å². The van der Waals surface area contributed by atoms with Gasteiger partial charge in [-0.2, -0.15) is 0 Å². The van der Waals surface area contributed by atoms with Gasteiger partial charge in [0.2, 0.25) is 0 Å². The van der Waals surface area contributed by atoms with Crippen molar-refractivity contribution >= 4 is 23.0 Å². The van der Waals surface area contributed by atoms with Gasteiger partial charge in [-0.25, -0.2) is 4.79 Å². The first kappa shape index (κ1) is 20.7. The molecular weight excluding hydrogens is 384 g/mol. The first-order valence-corrected chi connectivity index (χ1v) is 10.2. The van der Waals surface area contributed by atoms with Crippen molar-refractivity contribution in [2.75, 3.05) is 0 Å². The highest BCUT2D eigenvalue weighted by atomic mass is 32.2. The molecule has 3 aromatic carbocycles. The minimum absolute atomic E-state index is 0.00985. The van der Waals surface area contributed by atoms with Crippen LogP contribution in [0.15, 0.2) is 84.9 Å².